The van der Waals surface area contributed by atoms with Crippen molar-refractivity contribution in [2.75, 3.05) is 39.0 Å². The molecule has 88 valence electrons. The largest absolute Gasteiger partial charge is 0.303 e. The number of hydrogen-bond acceptors (Lipinski definition) is 2. The van der Waals surface area contributed by atoms with Gasteiger partial charge in [-0.2, -0.15) is 0 Å². The van der Waals surface area contributed by atoms with Crippen LogP contribution in [0.2, 0.25) is 0 Å². The molecule has 0 radical (unpaired) electrons. The Hall–Kier alpha value is 0.0700. The average Bonchev–Trinajstić information content (AvgIpc) is 2.62. The molecule has 0 saturated carbocycles. The minimum absolute atomic E-state index is 0.561. The van der Waals surface area contributed by atoms with Crippen molar-refractivity contribution >= 4 is 11.0 Å². The van der Waals surface area contributed by atoms with Gasteiger partial charge < -0.3 is 4.90 Å². The van der Waals surface area contributed by atoms with Crippen molar-refractivity contribution < 1.29 is 4.21 Å². The molecule has 0 aromatic carbocycles. The van der Waals surface area contributed by atoms with Crippen LogP contribution in [-0.2, 0) is 11.0 Å². The van der Waals surface area contributed by atoms with Gasteiger partial charge in [-0.25, -0.2) is 8.51 Å². The summed E-state index contributed by atoms with van der Waals surface area (Å²) in [6.07, 6.45) is 5.63. The highest BCUT2D eigenvalue weighted by molar-refractivity contribution is 7.81. The monoisotopic (exact) mass is 230 g/mol. The van der Waals surface area contributed by atoms with Crippen LogP contribution in [0.5, 0.6) is 0 Å². The standard InChI is InChI=1S/C11H22N2OS/c1-3-12-7-4-11(10-12)5-8-13(9-6-11)15(2)14/h3-10H2,1-2H3. The average molecular weight is 230 g/mol. The van der Waals surface area contributed by atoms with Gasteiger partial charge in [-0.1, -0.05) is 6.92 Å². The fourth-order valence-electron chi connectivity index (χ4n) is 2.92. The molecule has 2 rings (SSSR count). The lowest BCUT2D eigenvalue weighted by atomic mass is 9.78. The first-order valence-electron chi connectivity index (χ1n) is 5.96. The summed E-state index contributed by atoms with van der Waals surface area (Å²) in [5, 5.41) is 0. The van der Waals surface area contributed by atoms with Gasteiger partial charge in [0.2, 0.25) is 0 Å². The topological polar surface area (TPSA) is 23.6 Å². The second kappa shape index (κ2) is 4.52. The van der Waals surface area contributed by atoms with Crippen LogP contribution in [-0.4, -0.2) is 52.4 Å². The fourth-order valence-corrected chi connectivity index (χ4v) is 3.62. The molecule has 15 heavy (non-hydrogen) atoms. The van der Waals surface area contributed by atoms with E-state index < -0.39 is 11.0 Å². The van der Waals surface area contributed by atoms with Gasteiger partial charge in [-0.05, 0) is 37.8 Å². The van der Waals surface area contributed by atoms with Gasteiger partial charge in [-0.15, -0.1) is 0 Å². The smallest absolute Gasteiger partial charge is 0.0910 e. The fraction of sp³-hybridized carbons (Fsp3) is 1.00. The van der Waals surface area contributed by atoms with Crippen LogP contribution in [0.4, 0.5) is 0 Å². The predicted molar refractivity (Wildman–Crippen MR) is 64.0 cm³/mol. The van der Waals surface area contributed by atoms with Crippen molar-refractivity contribution in [1.29, 1.82) is 0 Å². The summed E-state index contributed by atoms with van der Waals surface area (Å²) in [6.45, 7) is 8.03. The Morgan fingerprint density at radius 2 is 1.80 bits per heavy atom. The molecule has 0 amide bonds. The normalized spacial score (nSPS) is 29.7. The van der Waals surface area contributed by atoms with E-state index in [0.717, 1.165) is 13.1 Å². The minimum atomic E-state index is -0.760. The minimum Gasteiger partial charge on any atom is -0.303 e. The molecule has 2 fully saturated rings. The van der Waals surface area contributed by atoms with Crippen molar-refractivity contribution in [3.05, 3.63) is 0 Å². The highest BCUT2D eigenvalue weighted by Gasteiger charge is 2.40. The molecule has 4 heteroatoms. The Morgan fingerprint density at radius 3 is 2.27 bits per heavy atom. The van der Waals surface area contributed by atoms with E-state index >= 15 is 0 Å². The van der Waals surface area contributed by atoms with Crippen LogP contribution in [0.25, 0.3) is 0 Å². The summed E-state index contributed by atoms with van der Waals surface area (Å²) in [6, 6.07) is 0. The van der Waals surface area contributed by atoms with Crippen LogP contribution in [0, 0.1) is 5.41 Å². The lowest BCUT2D eigenvalue weighted by Gasteiger charge is -2.38. The molecule has 0 bridgehead atoms. The molecule has 2 aliphatic heterocycles. The summed E-state index contributed by atoms with van der Waals surface area (Å²) in [5.41, 5.74) is 0.561. The van der Waals surface area contributed by atoms with Gasteiger partial charge >= 0.3 is 0 Å². The summed E-state index contributed by atoms with van der Waals surface area (Å²) < 4.78 is 13.5. The van der Waals surface area contributed by atoms with E-state index in [9.17, 15) is 4.21 Å². The van der Waals surface area contributed by atoms with E-state index in [0.29, 0.717) is 5.41 Å². The molecule has 0 aromatic heterocycles. The predicted octanol–water partition coefficient (Wildman–Crippen LogP) is 1.09. The maximum atomic E-state index is 11.3. The van der Waals surface area contributed by atoms with Crippen molar-refractivity contribution in [2.45, 2.75) is 26.2 Å². The Labute approximate surface area is 95.4 Å². The third-order valence-electron chi connectivity index (χ3n) is 4.11. The molecular formula is C11H22N2OS. The van der Waals surface area contributed by atoms with Crippen LogP contribution in [0.1, 0.15) is 26.2 Å². The van der Waals surface area contributed by atoms with Gasteiger partial charge in [0, 0.05) is 25.9 Å². The van der Waals surface area contributed by atoms with E-state index in [4.69, 9.17) is 0 Å². The number of piperidine rings is 1. The zero-order valence-corrected chi connectivity index (χ0v) is 10.7. The van der Waals surface area contributed by atoms with E-state index in [-0.39, 0.29) is 0 Å². The van der Waals surface area contributed by atoms with Gasteiger partial charge in [0.15, 0.2) is 0 Å². The quantitative estimate of drug-likeness (QED) is 0.709. The maximum absolute atomic E-state index is 11.3. The van der Waals surface area contributed by atoms with Crippen LogP contribution in [0.15, 0.2) is 0 Å². The number of rotatable bonds is 2. The molecule has 0 aliphatic carbocycles. The molecule has 2 heterocycles. The van der Waals surface area contributed by atoms with E-state index in [1.54, 1.807) is 6.26 Å². The number of nitrogens with zero attached hydrogens (tertiary/aromatic N) is 2. The van der Waals surface area contributed by atoms with Crippen LogP contribution < -0.4 is 0 Å². The van der Waals surface area contributed by atoms with Gasteiger partial charge in [0.25, 0.3) is 0 Å². The van der Waals surface area contributed by atoms with Gasteiger partial charge in [0.05, 0.1) is 11.0 Å². The molecule has 1 spiro atoms. The van der Waals surface area contributed by atoms with Crippen molar-refractivity contribution in [1.82, 2.24) is 9.21 Å². The van der Waals surface area contributed by atoms with E-state index in [1.807, 2.05) is 0 Å². The summed E-state index contributed by atoms with van der Waals surface area (Å²) in [4.78, 5) is 2.55. The third-order valence-corrected chi connectivity index (χ3v) is 5.20. The van der Waals surface area contributed by atoms with E-state index in [1.165, 1.54) is 38.9 Å². The number of likely N-dealkylation sites (tertiary alicyclic amines) is 1. The lowest BCUT2D eigenvalue weighted by Crippen LogP contribution is -2.41. The Bertz CT molecular complexity index is 249. The third kappa shape index (κ3) is 2.43. The van der Waals surface area contributed by atoms with Crippen molar-refractivity contribution in [3.8, 4) is 0 Å². The Kier molecular flexibility index (Phi) is 3.48. The van der Waals surface area contributed by atoms with Crippen molar-refractivity contribution in [3.63, 3.8) is 0 Å². The van der Waals surface area contributed by atoms with Crippen LogP contribution >= 0.6 is 0 Å². The molecule has 0 aromatic rings. The number of hydrogen-bond donors (Lipinski definition) is 0. The molecule has 1 atom stereocenters. The van der Waals surface area contributed by atoms with Gasteiger partial charge in [0.1, 0.15) is 0 Å². The van der Waals surface area contributed by atoms with E-state index in [2.05, 4.69) is 16.1 Å². The summed E-state index contributed by atoms with van der Waals surface area (Å²) in [5.74, 6) is 0. The van der Waals surface area contributed by atoms with Gasteiger partial charge in [-0.3, -0.25) is 0 Å². The molecule has 2 saturated heterocycles. The highest BCUT2D eigenvalue weighted by Crippen LogP contribution is 2.40. The molecule has 1 unspecified atom stereocenters. The second-order valence-electron chi connectivity index (χ2n) is 4.97. The first kappa shape index (κ1) is 11.6. The Morgan fingerprint density at radius 1 is 1.20 bits per heavy atom. The second-order valence-corrected chi connectivity index (χ2v) is 6.34. The molecule has 0 N–H and O–H groups in total. The SMILES string of the molecule is CCN1CCC2(CCN(S(C)=O)CC2)C1. The first-order chi connectivity index (χ1) is 7.15. The summed E-state index contributed by atoms with van der Waals surface area (Å²) in [7, 11) is -0.760. The zero-order valence-electron chi connectivity index (χ0n) is 9.87. The summed E-state index contributed by atoms with van der Waals surface area (Å²) >= 11 is 0. The van der Waals surface area contributed by atoms with Crippen molar-refractivity contribution in [2.24, 2.45) is 5.41 Å². The molecule has 3 nitrogen and oxygen atoms in total. The van der Waals surface area contributed by atoms with Crippen LogP contribution in [0.3, 0.4) is 0 Å². The highest BCUT2D eigenvalue weighted by atomic mass is 32.2. The lowest BCUT2D eigenvalue weighted by molar-refractivity contribution is 0.160. The molecular weight excluding hydrogens is 208 g/mol. The first-order valence-corrected chi connectivity index (χ1v) is 7.47. The molecule has 2 aliphatic rings. The Balaban J connectivity index is 1.90. The zero-order chi connectivity index (χ0) is 10.9. The maximum Gasteiger partial charge on any atom is 0.0910 e.